The molecule has 118 valence electrons. The van der Waals surface area contributed by atoms with Crippen LogP contribution in [0.25, 0.3) is 0 Å². The van der Waals surface area contributed by atoms with Crippen molar-refractivity contribution < 1.29 is 24.5 Å². The molecular weight excluding hydrogens is 272 g/mol. The summed E-state index contributed by atoms with van der Waals surface area (Å²) >= 11 is 0. The maximum absolute atomic E-state index is 12.3. The largest absolute Gasteiger partial charge is 0.386 e. The van der Waals surface area contributed by atoms with Gasteiger partial charge >= 0.3 is 0 Å². The minimum Gasteiger partial charge on any atom is -0.386 e. The minimum absolute atomic E-state index is 0.149. The molecule has 5 heteroatoms. The molecule has 0 aromatic heterocycles. The van der Waals surface area contributed by atoms with Crippen LogP contribution in [0.4, 0.5) is 0 Å². The molecule has 0 unspecified atom stereocenters. The van der Waals surface area contributed by atoms with Crippen molar-refractivity contribution in [1.29, 1.82) is 0 Å². The van der Waals surface area contributed by atoms with E-state index in [2.05, 4.69) is 0 Å². The Bertz CT molecular complexity index is 497. The molecule has 1 heterocycles. The van der Waals surface area contributed by atoms with E-state index in [1.54, 1.807) is 26.8 Å². The van der Waals surface area contributed by atoms with Gasteiger partial charge in [0.15, 0.2) is 5.78 Å². The van der Waals surface area contributed by atoms with Gasteiger partial charge in [-0.15, -0.1) is 0 Å². The maximum atomic E-state index is 12.3. The molecule has 0 aromatic carbocycles. The SMILES string of the molecule is CO[C@@]1(C=CC(C)(C)O)O[C@H]2CC(C)=CC(=O)[C@H]2[C@@]1(C)O. The van der Waals surface area contributed by atoms with Crippen molar-refractivity contribution in [3.05, 3.63) is 23.8 Å². The van der Waals surface area contributed by atoms with E-state index in [1.807, 2.05) is 6.92 Å². The second kappa shape index (κ2) is 5.02. The highest BCUT2D eigenvalue weighted by atomic mass is 16.7. The predicted molar refractivity (Wildman–Crippen MR) is 77.5 cm³/mol. The van der Waals surface area contributed by atoms with Crippen LogP contribution in [0.3, 0.4) is 0 Å². The third-order valence-electron chi connectivity index (χ3n) is 4.24. The standard InChI is InChI=1S/C16H24O5/c1-10-8-11(17)13-12(9-10)21-16(20-5,15(13,4)19)7-6-14(2,3)18/h6-8,12-13,18-19H,9H2,1-5H3/t12-,13+,15+,16-/m0/s1. The van der Waals surface area contributed by atoms with Gasteiger partial charge in [0.2, 0.25) is 5.79 Å². The molecule has 0 spiro atoms. The quantitative estimate of drug-likeness (QED) is 0.769. The number of carbonyl (C=O) groups excluding carboxylic acids is 1. The van der Waals surface area contributed by atoms with Crippen LogP contribution in [0.2, 0.25) is 0 Å². The molecule has 21 heavy (non-hydrogen) atoms. The zero-order valence-electron chi connectivity index (χ0n) is 13.2. The highest BCUT2D eigenvalue weighted by Gasteiger charge is 2.64. The molecule has 1 fully saturated rings. The Morgan fingerprint density at radius 3 is 2.67 bits per heavy atom. The van der Waals surface area contributed by atoms with Crippen molar-refractivity contribution in [3.63, 3.8) is 0 Å². The summed E-state index contributed by atoms with van der Waals surface area (Å²) in [6.07, 6.45) is 4.73. The van der Waals surface area contributed by atoms with E-state index in [4.69, 9.17) is 9.47 Å². The summed E-state index contributed by atoms with van der Waals surface area (Å²) in [7, 11) is 1.42. The lowest BCUT2D eigenvalue weighted by molar-refractivity contribution is -0.242. The zero-order chi connectivity index (χ0) is 16.1. The highest BCUT2D eigenvalue weighted by molar-refractivity contribution is 5.95. The van der Waals surface area contributed by atoms with Crippen LogP contribution in [0.1, 0.15) is 34.1 Å². The zero-order valence-corrected chi connectivity index (χ0v) is 13.2. The van der Waals surface area contributed by atoms with Crippen molar-refractivity contribution in [2.45, 2.75) is 57.2 Å². The van der Waals surface area contributed by atoms with Gasteiger partial charge in [-0.1, -0.05) is 11.6 Å². The van der Waals surface area contributed by atoms with E-state index >= 15 is 0 Å². The fourth-order valence-corrected chi connectivity index (χ4v) is 3.16. The Morgan fingerprint density at radius 2 is 2.14 bits per heavy atom. The molecule has 2 N–H and O–H groups in total. The normalized spacial score (nSPS) is 40.5. The van der Waals surface area contributed by atoms with Gasteiger partial charge in [-0.2, -0.15) is 0 Å². The first-order valence-electron chi connectivity index (χ1n) is 7.11. The molecule has 0 amide bonds. The Balaban J connectivity index is 2.42. The monoisotopic (exact) mass is 296 g/mol. The average molecular weight is 296 g/mol. The maximum Gasteiger partial charge on any atom is 0.218 e. The third kappa shape index (κ3) is 2.71. The van der Waals surface area contributed by atoms with Crippen LogP contribution in [0.5, 0.6) is 0 Å². The van der Waals surface area contributed by atoms with Crippen molar-refractivity contribution in [1.82, 2.24) is 0 Å². The molecule has 4 atom stereocenters. The van der Waals surface area contributed by atoms with Gasteiger partial charge in [0, 0.05) is 7.11 Å². The summed E-state index contributed by atoms with van der Waals surface area (Å²) in [5, 5.41) is 20.8. The fourth-order valence-electron chi connectivity index (χ4n) is 3.16. The summed E-state index contributed by atoms with van der Waals surface area (Å²) in [6, 6.07) is 0. The summed E-state index contributed by atoms with van der Waals surface area (Å²) in [5.41, 5.74) is -1.66. The van der Waals surface area contributed by atoms with Gasteiger partial charge in [-0.25, -0.2) is 0 Å². The molecular formula is C16H24O5. The lowest BCUT2D eigenvalue weighted by Crippen LogP contribution is -2.54. The Hall–Kier alpha value is -1.01. The first-order valence-corrected chi connectivity index (χ1v) is 7.11. The highest BCUT2D eigenvalue weighted by Crippen LogP contribution is 2.49. The summed E-state index contributed by atoms with van der Waals surface area (Å²) in [6.45, 7) is 6.63. The van der Waals surface area contributed by atoms with Crippen LogP contribution in [0.15, 0.2) is 23.8 Å². The molecule has 1 saturated heterocycles. The number of ether oxygens (including phenoxy) is 2. The van der Waals surface area contributed by atoms with E-state index in [0.717, 1.165) is 5.57 Å². The van der Waals surface area contributed by atoms with Crippen LogP contribution >= 0.6 is 0 Å². The summed E-state index contributed by atoms with van der Waals surface area (Å²) in [5.74, 6) is -2.27. The van der Waals surface area contributed by atoms with Gasteiger partial charge in [-0.05, 0) is 46.3 Å². The molecule has 2 rings (SSSR count). The molecule has 1 aliphatic heterocycles. The van der Waals surface area contributed by atoms with Crippen LogP contribution in [0, 0.1) is 5.92 Å². The number of rotatable bonds is 3. The van der Waals surface area contributed by atoms with Crippen molar-refractivity contribution in [2.24, 2.45) is 5.92 Å². The van der Waals surface area contributed by atoms with E-state index in [-0.39, 0.29) is 5.78 Å². The Labute approximate surface area is 125 Å². The molecule has 1 aliphatic carbocycles. The lowest BCUT2D eigenvalue weighted by Gasteiger charge is -2.37. The Morgan fingerprint density at radius 1 is 1.52 bits per heavy atom. The first-order chi connectivity index (χ1) is 9.52. The summed E-state index contributed by atoms with van der Waals surface area (Å²) < 4.78 is 11.4. The van der Waals surface area contributed by atoms with Gasteiger partial charge in [-0.3, -0.25) is 4.79 Å². The number of carbonyl (C=O) groups is 1. The van der Waals surface area contributed by atoms with Crippen molar-refractivity contribution in [2.75, 3.05) is 7.11 Å². The van der Waals surface area contributed by atoms with E-state index < -0.39 is 29.0 Å². The number of ketones is 1. The number of hydrogen-bond donors (Lipinski definition) is 2. The lowest BCUT2D eigenvalue weighted by atomic mass is 9.75. The third-order valence-corrected chi connectivity index (χ3v) is 4.24. The van der Waals surface area contributed by atoms with E-state index in [0.29, 0.717) is 6.42 Å². The Kier molecular flexibility index (Phi) is 3.91. The number of aliphatic hydroxyl groups is 2. The number of methoxy groups -OCH3 is 1. The van der Waals surface area contributed by atoms with Gasteiger partial charge in [0.25, 0.3) is 0 Å². The first kappa shape index (κ1) is 16.4. The summed E-state index contributed by atoms with van der Waals surface area (Å²) in [4.78, 5) is 12.3. The molecule has 0 radical (unpaired) electrons. The minimum atomic E-state index is -1.51. The predicted octanol–water partition coefficient (Wildman–Crippen LogP) is 1.34. The average Bonchev–Trinajstić information content (AvgIpc) is 2.53. The second-order valence-corrected chi connectivity index (χ2v) is 6.74. The number of allylic oxidation sites excluding steroid dienone is 1. The number of hydrogen-bond acceptors (Lipinski definition) is 5. The molecule has 2 aliphatic rings. The van der Waals surface area contributed by atoms with Crippen LogP contribution in [-0.2, 0) is 14.3 Å². The smallest absolute Gasteiger partial charge is 0.218 e. The molecule has 0 saturated carbocycles. The van der Waals surface area contributed by atoms with Gasteiger partial charge in [0.05, 0.1) is 17.6 Å². The molecule has 5 nitrogen and oxygen atoms in total. The molecule has 0 aromatic rings. The van der Waals surface area contributed by atoms with Gasteiger partial charge < -0.3 is 19.7 Å². The topological polar surface area (TPSA) is 76.0 Å². The molecule has 0 bridgehead atoms. The van der Waals surface area contributed by atoms with Crippen molar-refractivity contribution in [3.8, 4) is 0 Å². The van der Waals surface area contributed by atoms with E-state index in [1.165, 1.54) is 19.3 Å². The fraction of sp³-hybridized carbons (Fsp3) is 0.688. The second-order valence-electron chi connectivity index (χ2n) is 6.74. The van der Waals surface area contributed by atoms with Crippen LogP contribution < -0.4 is 0 Å². The van der Waals surface area contributed by atoms with Gasteiger partial charge in [0.1, 0.15) is 5.60 Å². The number of fused-ring (bicyclic) bond motifs is 1. The van der Waals surface area contributed by atoms with E-state index in [9.17, 15) is 15.0 Å². The van der Waals surface area contributed by atoms with Crippen LogP contribution in [-0.4, -0.2) is 46.2 Å². The van der Waals surface area contributed by atoms with Crippen molar-refractivity contribution >= 4 is 5.78 Å².